The summed E-state index contributed by atoms with van der Waals surface area (Å²) in [5.74, 6) is -0.648. The number of nitrogens with zero attached hydrogens (tertiary/aromatic N) is 1. The van der Waals surface area contributed by atoms with E-state index in [-0.39, 0.29) is 22.3 Å². The summed E-state index contributed by atoms with van der Waals surface area (Å²) in [6.07, 6.45) is -1.84. The van der Waals surface area contributed by atoms with Crippen LogP contribution in [0, 0.1) is 0 Å². The minimum atomic E-state index is -1.20. The Morgan fingerprint density at radius 3 is 2.83 bits per heavy atom. The summed E-state index contributed by atoms with van der Waals surface area (Å²) < 4.78 is 4.82. The standard InChI is InChI=1S/C10H15BrN2O4S/c1-2-17-9(16)6-8(18-10(12)13-6)7(15)5(14)3-4-11/h5,7,14-15H,2-4H2,1H3,(H2,12,13). The molecule has 0 aromatic carbocycles. The van der Waals surface area contributed by atoms with E-state index in [9.17, 15) is 15.0 Å². The Balaban J connectivity index is 2.97. The topological polar surface area (TPSA) is 106 Å². The first-order chi connectivity index (χ1) is 8.51. The molecule has 0 aliphatic rings. The number of anilines is 1. The first-order valence-electron chi connectivity index (χ1n) is 5.36. The molecule has 2 atom stereocenters. The molecule has 1 aromatic rings. The molecule has 8 heteroatoms. The first kappa shape index (κ1) is 15.4. The third-order valence-electron chi connectivity index (χ3n) is 2.18. The van der Waals surface area contributed by atoms with E-state index in [0.717, 1.165) is 11.3 Å². The molecular formula is C10H15BrN2O4S. The van der Waals surface area contributed by atoms with E-state index in [1.165, 1.54) is 0 Å². The number of nitrogens with two attached hydrogens (primary N) is 1. The molecule has 0 aliphatic heterocycles. The number of ether oxygens (including phenoxy) is 1. The van der Waals surface area contributed by atoms with Crippen molar-refractivity contribution in [3.05, 3.63) is 10.6 Å². The minimum absolute atomic E-state index is 0.0273. The number of aromatic nitrogens is 1. The van der Waals surface area contributed by atoms with Crippen molar-refractivity contribution < 1.29 is 19.7 Å². The number of aliphatic hydroxyl groups excluding tert-OH is 2. The molecule has 0 radical (unpaired) electrons. The molecule has 2 unspecified atom stereocenters. The smallest absolute Gasteiger partial charge is 0.358 e. The van der Waals surface area contributed by atoms with Gasteiger partial charge in [-0.05, 0) is 13.3 Å². The number of aliphatic hydroxyl groups is 2. The fourth-order valence-electron chi connectivity index (χ4n) is 1.34. The number of halogens is 1. The van der Waals surface area contributed by atoms with Gasteiger partial charge in [0, 0.05) is 5.33 Å². The average Bonchev–Trinajstić information content (AvgIpc) is 2.71. The van der Waals surface area contributed by atoms with E-state index in [0.29, 0.717) is 11.8 Å². The molecule has 6 nitrogen and oxygen atoms in total. The maximum Gasteiger partial charge on any atom is 0.358 e. The van der Waals surface area contributed by atoms with Gasteiger partial charge in [-0.15, -0.1) is 0 Å². The van der Waals surface area contributed by atoms with Gasteiger partial charge in [-0.1, -0.05) is 27.3 Å². The lowest BCUT2D eigenvalue weighted by Crippen LogP contribution is -2.20. The van der Waals surface area contributed by atoms with Crippen LogP contribution >= 0.6 is 27.3 Å². The molecule has 102 valence electrons. The van der Waals surface area contributed by atoms with Gasteiger partial charge >= 0.3 is 5.97 Å². The second-order valence-electron chi connectivity index (χ2n) is 3.48. The van der Waals surface area contributed by atoms with Crippen LogP contribution in [-0.2, 0) is 4.74 Å². The van der Waals surface area contributed by atoms with E-state index in [2.05, 4.69) is 20.9 Å². The quantitative estimate of drug-likeness (QED) is 0.529. The fourth-order valence-corrected chi connectivity index (χ4v) is 2.67. The van der Waals surface area contributed by atoms with E-state index in [1.807, 2.05) is 0 Å². The predicted molar refractivity (Wildman–Crippen MR) is 71.9 cm³/mol. The van der Waals surface area contributed by atoms with Gasteiger partial charge in [0.25, 0.3) is 0 Å². The summed E-state index contributed by atoms with van der Waals surface area (Å²) >= 11 is 4.14. The largest absolute Gasteiger partial charge is 0.461 e. The summed E-state index contributed by atoms with van der Waals surface area (Å²) in [6, 6.07) is 0. The van der Waals surface area contributed by atoms with Gasteiger partial charge in [-0.25, -0.2) is 9.78 Å². The number of hydrogen-bond acceptors (Lipinski definition) is 7. The van der Waals surface area contributed by atoms with Crippen LogP contribution in [0.25, 0.3) is 0 Å². The van der Waals surface area contributed by atoms with Crippen LogP contribution in [0.15, 0.2) is 0 Å². The lowest BCUT2D eigenvalue weighted by molar-refractivity contribution is 0.0178. The highest BCUT2D eigenvalue weighted by molar-refractivity contribution is 9.09. The molecule has 0 bridgehead atoms. The number of carbonyl (C=O) groups is 1. The second-order valence-corrected chi connectivity index (χ2v) is 5.33. The Labute approximate surface area is 117 Å². The van der Waals surface area contributed by atoms with Gasteiger partial charge < -0.3 is 20.7 Å². The summed E-state index contributed by atoms with van der Waals surface area (Å²) in [6.45, 7) is 1.87. The second kappa shape index (κ2) is 7.03. The number of carbonyl (C=O) groups excluding carboxylic acids is 1. The van der Waals surface area contributed by atoms with Gasteiger partial charge in [0.1, 0.15) is 6.10 Å². The van der Waals surface area contributed by atoms with Gasteiger partial charge in [-0.3, -0.25) is 0 Å². The zero-order chi connectivity index (χ0) is 13.7. The Hall–Kier alpha value is -0.700. The SMILES string of the molecule is CCOC(=O)c1nc(N)sc1C(O)C(O)CCBr. The summed E-state index contributed by atoms with van der Waals surface area (Å²) in [5.41, 5.74) is 5.50. The maximum atomic E-state index is 11.6. The van der Waals surface area contributed by atoms with Gasteiger partial charge in [0.05, 0.1) is 17.6 Å². The molecule has 0 amide bonds. The van der Waals surface area contributed by atoms with Crippen molar-refractivity contribution >= 4 is 38.4 Å². The molecule has 4 N–H and O–H groups in total. The summed E-state index contributed by atoms with van der Waals surface area (Å²) in [4.78, 5) is 15.7. The Bertz CT molecular complexity index is 413. The molecule has 0 saturated carbocycles. The highest BCUT2D eigenvalue weighted by Gasteiger charge is 2.28. The molecule has 18 heavy (non-hydrogen) atoms. The molecule has 0 fully saturated rings. The van der Waals surface area contributed by atoms with Gasteiger partial charge in [0.2, 0.25) is 0 Å². The van der Waals surface area contributed by atoms with Crippen molar-refractivity contribution in [2.45, 2.75) is 25.6 Å². The van der Waals surface area contributed by atoms with E-state index in [4.69, 9.17) is 10.5 Å². The van der Waals surface area contributed by atoms with Crippen LogP contribution in [0.2, 0.25) is 0 Å². The van der Waals surface area contributed by atoms with Crippen molar-refractivity contribution in [1.82, 2.24) is 4.98 Å². The van der Waals surface area contributed by atoms with Crippen molar-refractivity contribution in [2.24, 2.45) is 0 Å². The highest BCUT2D eigenvalue weighted by atomic mass is 79.9. The number of hydrogen-bond donors (Lipinski definition) is 3. The number of esters is 1. The zero-order valence-corrected chi connectivity index (χ0v) is 12.2. The number of nitrogen functional groups attached to an aromatic ring is 1. The normalized spacial score (nSPS) is 14.2. The third kappa shape index (κ3) is 3.64. The number of thiazole rings is 1. The number of rotatable bonds is 6. The first-order valence-corrected chi connectivity index (χ1v) is 7.30. The van der Waals surface area contributed by atoms with Crippen LogP contribution < -0.4 is 5.73 Å². The zero-order valence-electron chi connectivity index (χ0n) is 9.80. The number of alkyl halides is 1. The monoisotopic (exact) mass is 338 g/mol. The Kier molecular flexibility index (Phi) is 6.00. The molecule has 0 saturated heterocycles. The summed E-state index contributed by atoms with van der Waals surface area (Å²) in [5, 5.41) is 20.4. The average molecular weight is 339 g/mol. The third-order valence-corrected chi connectivity index (χ3v) is 3.59. The van der Waals surface area contributed by atoms with Crippen molar-refractivity contribution in [3.63, 3.8) is 0 Å². The Morgan fingerprint density at radius 1 is 1.61 bits per heavy atom. The fraction of sp³-hybridized carbons (Fsp3) is 0.600. The van der Waals surface area contributed by atoms with E-state index >= 15 is 0 Å². The maximum absolute atomic E-state index is 11.6. The van der Waals surface area contributed by atoms with Gasteiger partial charge in [0.15, 0.2) is 10.8 Å². The minimum Gasteiger partial charge on any atom is -0.461 e. The van der Waals surface area contributed by atoms with Crippen LogP contribution in [-0.4, -0.2) is 39.2 Å². The summed E-state index contributed by atoms with van der Waals surface area (Å²) in [7, 11) is 0. The van der Waals surface area contributed by atoms with Crippen molar-refractivity contribution in [1.29, 1.82) is 0 Å². The highest BCUT2D eigenvalue weighted by Crippen LogP contribution is 2.30. The molecule has 1 rings (SSSR count). The van der Waals surface area contributed by atoms with Crippen molar-refractivity contribution in [3.8, 4) is 0 Å². The lowest BCUT2D eigenvalue weighted by Gasteiger charge is -2.15. The molecular weight excluding hydrogens is 324 g/mol. The molecule has 0 aliphatic carbocycles. The van der Waals surface area contributed by atoms with Crippen LogP contribution in [0.4, 0.5) is 5.13 Å². The van der Waals surface area contributed by atoms with Crippen LogP contribution in [0.1, 0.15) is 34.8 Å². The molecule has 0 spiro atoms. The lowest BCUT2D eigenvalue weighted by atomic mass is 10.1. The predicted octanol–water partition coefficient (Wildman–Crippen LogP) is 1.08. The van der Waals surface area contributed by atoms with E-state index < -0.39 is 18.2 Å². The van der Waals surface area contributed by atoms with E-state index in [1.54, 1.807) is 6.92 Å². The Morgan fingerprint density at radius 2 is 2.28 bits per heavy atom. The van der Waals surface area contributed by atoms with Gasteiger partial charge in [-0.2, -0.15) is 0 Å². The van der Waals surface area contributed by atoms with Crippen LogP contribution in [0.3, 0.4) is 0 Å². The molecule has 1 aromatic heterocycles. The molecule has 1 heterocycles. The van der Waals surface area contributed by atoms with Crippen LogP contribution in [0.5, 0.6) is 0 Å². The van der Waals surface area contributed by atoms with Crippen molar-refractivity contribution in [2.75, 3.05) is 17.7 Å².